The van der Waals surface area contributed by atoms with Crippen LogP contribution >= 0.6 is 0 Å². The average molecular weight is 405 g/mol. The van der Waals surface area contributed by atoms with Gasteiger partial charge >= 0.3 is 5.97 Å². The smallest absolute Gasteiger partial charge is 0.303 e. The molecule has 1 unspecified atom stereocenters. The van der Waals surface area contributed by atoms with Gasteiger partial charge in [0.25, 0.3) is 0 Å². The molecule has 0 aromatic carbocycles. The van der Waals surface area contributed by atoms with Gasteiger partial charge in [-0.15, -0.1) is 6.58 Å². The minimum atomic E-state index is -0.664. The van der Waals surface area contributed by atoms with Gasteiger partial charge in [0.05, 0.1) is 12.7 Å². The van der Waals surface area contributed by atoms with Gasteiger partial charge in [-0.1, -0.05) is 76.5 Å². The van der Waals surface area contributed by atoms with Gasteiger partial charge in [-0.3, -0.25) is 4.79 Å². The van der Waals surface area contributed by atoms with Crippen LogP contribution in [0.2, 0.25) is 0 Å². The maximum absolute atomic E-state index is 10.3. The van der Waals surface area contributed by atoms with Crippen LogP contribution in [0.15, 0.2) is 24.8 Å². The van der Waals surface area contributed by atoms with E-state index in [9.17, 15) is 4.79 Å². The summed E-state index contributed by atoms with van der Waals surface area (Å²) in [5.74, 6) is -0.664. The predicted molar refractivity (Wildman–Crippen MR) is 107 cm³/mol. The van der Waals surface area contributed by atoms with Crippen molar-refractivity contribution < 1.29 is 32.0 Å². The van der Waals surface area contributed by atoms with Crippen LogP contribution in [0.4, 0.5) is 0 Å². The third-order valence-corrected chi connectivity index (χ3v) is 4.27. The van der Waals surface area contributed by atoms with E-state index in [1.165, 1.54) is 70.6 Å². The molecule has 1 N–H and O–H groups in total. The molecule has 1 heterocycles. The summed E-state index contributed by atoms with van der Waals surface area (Å²) in [6.07, 6.45) is 23.4. The van der Waals surface area contributed by atoms with Crippen molar-refractivity contribution in [1.82, 2.24) is 0 Å². The fourth-order valence-electron chi connectivity index (χ4n) is 2.54. The zero-order valence-corrected chi connectivity index (χ0v) is 18.1. The van der Waals surface area contributed by atoms with Crippen LogP contribution in [0.25, 0.3) is 0 Å². The predicted octanol–water partition coefficient (Wildman–Crippen LogP) is 6.68. The number of aliphatic carboxylic acids is 1. The fourth-order valence-corrected chi connectivity index (χ4v) is 2.54. The number of epoxide rings is 1. The number of hydrogen-bond acceptors (Lipinski definition) is 2. The molecule has 1 rings (SSSR count). The van der Waals surface area contributed by atoms with E-state index in [1.54, 1.807) is 6.08 Å². The minimum absolute atomic E-state index is 0. The van der Waals surface area contributed by atoms with Crippen LogP contribution in [0.1, 0.15) is 96.8 Å². The standard InChI is InChI=1S/C18H34O2.C4H6O.Cr/c1-2-3-4-5-6-7-8-9-10-11-12-13-14-15-16-17-18(19)20;1-2-4-3-5-4;/h9-10H,2-8,11-17H2,1H3,(H,19,20);2,4H,1,3H2;/b10-9-;;. The van der Waals surface area contributed by atoms with Gasteiger partial charge in [-0.25, -0.2) is 0 Å². The number of carboxylic acid groups (broad SMARTS) is 1. The normalized spacial score (nSPS) is 15.0. The average Bonchev–Trinajstić information content (AvgIpc) is 3.43. The number of ether oxygens (including phenoxy) is 1. The van der Waals surface area contributed by atoms with Crippen LogP contribution in [-0.4, -0.2) is 23.8 Å². The van der Waals surface area contributed by atoms with E-state index in [-0.39, 0.29) is 17.4 Å². The van der Waals surface area contributed by atoms with E-state index in [4.69, 9.17) is 9.84 Å². The van der Waals surface area contributed by atoms with Crippen molar-refractivity contribution in [3.63, 3.8) is 0 Å². The van der Waals surface area contributed by atoms with Crippen molar-refractivity contribution in [1.29, 1.82) is 0 Å². The number of hydrogen-bond donors (Lipinski definition) is 1. The quantitative estimate of drug-likeness (QED) is 0.177. The van der Waals surface area contributed by atoms with Gasteiger partial charge in [0, 0.05) is 23.8 Å². The summed E-state index contributed by atoms with van der Waals surface area (Å²) in [5.41, 5.74) is 0. The molecule has 0 aromatic heterocycles. The molecule has 0 radical (unpaired) electrons. The first-order chi connectivity index (χ1) is 12.2. The number of unbranched alkanes of at least 4 members (excludes halogenated alkanes) is 11. The minimum Gasteiger partial charge on any atom is -0.481 e. The molecule has 1 saturated heterocycles. The molecule has 4 heteroatoms. The summed E-state index contributed by atoms with van der Waals surface area (Å²) in [7, 11) is 0. The molecule has 152 valence electrons. The number of rotatable bonds is 16. The van der Waals surface area contributed by atoms with Crippen LogP contribution in [0, 0.1) is 0 Å². The number of carbonyl (C=O) groups is 1. The van der Waals surface area contributed by atoms with E-state index in [0.717, 1.165) is 19.4 Å². The molecule has 1 atom stereocenters. The molecular formula is C22H40CrO3. The number of allylic oxidation sites excluding steroid dienone is 2. The van der Waals surface area contributed by atoms with E-state index in [1.807, 2.05) is 0 Å². The van der Waals surface area contributed by atoms with Crippen molar-refractivity contribution >= 4 is 5.97 Å². The molecule has 1 fully saturated rings. The van der Waals surface area contributed by atoms with Gasteiger partial charge < -0.3 is 9.84 Å². The van der Waals surface area contributed by atoms with Crippen LogP contribution < -0.4 is 0 Å². The summed E-state index contributed by atoms with van der Waals surface area (Å²) < 4.78 is 4.74. The Labute approximate surface area is 172 Å². The van der Waals surface area contributed by atoms with Crippen LogP contribution in [0.3, 0.4) is 0 Å². The van der Waals surface area contributed by atoms with E-state index < -0.39 is 5.97 Å². The second-order valence-corrected chi connectivity index (χ2v) is 6.84. The molecule has 3 nitrogen and oxygen atoms in total. The van der Waals surface area contributed by atoms with Crippen molar-refractivity contribution in [2.75, 3.05) is 6.61 Å². The Bertz CT molecular complexity index is 338. The zero-order chi connectivity index (χ0) is 18.6. The Balaban J connectivity index is 0. The Morgan fingerprint density at radius 2 is 1.42 bits per heavy atom. The van der Waals surface area contributed by atoms with Gasteiger partial charge in [0.1, 0.15) is 0 Å². The van der Waals surface area contributed by atoms with E-state index >= 15 is 0 Å². The van der Waals surface area contributed by atoms with Gasteiger partial charge in [-0.2, -0.15) is 0 Å². The Kier molecular flexibility index (Phi) is 23.9. The molecule has 0 saturated carbocycles. The van der Waals surface area contributed by atoms with Crippen molar-refractivity contribution in [2.45, 2.75) is 103 Å². The second-order valence-electron chi connectivity index (χ2n) is 6.84. The van der Waals surface area contributed by atoms with Crippen molar-refractivity contribution in [3.05, 3.63) is 24.8 Å². The molecular weight excluding hydrogens is 364 g/mol. The molecule has 1 aliphatic heterocycles. The third kappa shape index (κ3) is 25.7. The molecule has 0 amide bonds. The Morgan fingerprint density at radius 1 is 0.962 bits per heavy atom. The summed E-state index contributed by atoms with van der Waals surface area (Å²) >= 11 is 0. The molecule has 0 bridgehead atoms. The Hall–Kier alpha value is -0.558. The van der Waals surface area contributed by atoms with Crippen molar-refractivity contribution in [2.24, 2.45) is 0 Å². The first-order valence-electron chi connectivity index (χ1n) is 10.3. The number of carboxylic acids is 1. The summed E-state index contributed by atoms with van der Waals surface area (Å²) in [5, 5.41) is 8.51. The van der Waals surface area contributed by atoms with Gasteiger partial charge in [0.15, 0.2) is 0 Å². The third-order valence-electron chi connectivity index (χ3n) is 4.27. The summed E-state index contributed by atoms with van der Waals surface area (Å²) in [6, 6.07) is 0. The van der Waals surface area contributed by atoms with Gasteiger partial charge in [0.2, 0.25) is 0 Å². The topological polar surface area (TPSA) is 49.8 Å². The first-order valence-corrected chi connectivity index (χ1v) is 10.3. The van der Waals surface area contributed by atoms with Gasteiger partial charge in [-0.05, 0) is 32.1 Å². The Morgan fingerprint density at radius 3 is 1.81 bits per heavy atom. The first kappa shape index (κ1) is 27.7. The summed E-state index contributed by atoms with van der Waals surface area (Å²) in [6.45, 7) is 6.65. The fraction of sp³-hybridized carbons (Fsp3) is 0.773. The summed E-state index contributed by atoms with van der Waals surface area (Å²) in [4.78, 5) is 10.3. The monoisotopic (exact) mass is 404 g/mol. The molecule has 0 spiro atoms. The maximum Gasteiger partial charge on any atom is 0.303 e. The molecule has 26 heavy (non-hydrogen) atoms. The SMILES string of the molecule is C=CC1CO1.CCCCCCCC/C=C\CCCCCCCC(=O)O.[Cr]. The van der Waals surface area contributed by atoms with Crippen LogP contribution in [0.5, 0.6) is 0 Å². The molecule has 0 aliphatic carbocycles. The zero-order valence-electron chi connectivity index (χ0n) is 16.8. The van der Waals surface area contributed by atoms with E-state index in [2.05, 4.69) is 25.7 Å². The van der Waals surface area contributed by atoms with E-state index in [0.29, 0.717) is 12.5 Å². The largest absolute Gasteiger partial charge is 0.481 e. The molecule has 1 aliphatic rings. The second kappa shape index (κ2) is 22.5. The maximum atomic E-state index is 10.3. The van der Waals surface area contributed by atoms with Crippen LogP contribution in [-0.2, 0) is 26.9 Å². The van der Waals surface area contributed by atoms with Crippen molar-refractivity contribution in [3.8, 4) is 0 Å². The molecule has 0 aromatic rings.